The summed E-state index contributed by atoms with van der Waals surface area (Å²) in [6.45, 7) is 2.81. The topological polar surface area (TPSA) is 35.8 Å². The van der Waals surface area contributed by atoms with Crippen molar-refractivity contribution in [2.24, 2.45) is 0 Å². The molecular formula is C15H13IN2. The van der Waals surface area contributed by atoms with Crippen LogP contribution in [0.3, 0.4) is 0 Å². The van der Waals surface area contributed by atoms with Gasteiger partial charge in [-0.2, -0.15) is 5.26 Å². The van der Waals surface area contributed by atoms with Gasteiger partial charge in [-0.1, -0.05) is 18.2 Å². The Labute approximate surface area is 121 Å². The van der Waals surface area contributed by atoms with Gasteiger partial charge in [-0.15, -0.1) is 0 Å². The first-order valence-electron chi connectivity index (χ1n) is 5.68. The smallest absolute Gasteiger partial charge is 0.0992 e. The second kappa shape index (κ2) is 5.87. The molecule has 0 saturated carbocycles. The zero-order valence-electron chi connectivity index (χ0n) is 10.1. The Morgan fingerprint density at radius 3 is 2.56 bits per heavy atom. The molecule has 0 aliphatic carbocycles. The van der Waals surface area contributed by atoms with E-state index in [1.807, 2.05) is 25.1 Å². The Morgan fingerprint density at radius 1 is 1.17 bits per heavy atom. The van der Waals surface area contributed by atoms with Crippen molar-refractivity contribution in [2.45, 2.75) is 13.5 Å². The molecule has 2 aromatic carbocycles. The van der Waals surface area contributed by atoms with E-state index < -0.39 is 0 Å². The van der Waals surface area contributed by atoms with Crippen molar-refractivity contribution in [2.75, 3.05) is 5.32 Å². The normalized spacial score (nSPS) is 9.83. The van der Waals surface area contributed by atoms with Crippen LogP contribution in [0.5, 0.6) is 0 Å². The molecule has 0 spiro atoms. The maximum Gasteiger partial charge on any atom is 0.0992 e. The molecule has 0 atom stereocenters. The molecule has 0 radical (unpaired) electrons. The van der Waals surface area contributed by atoms with Gasteiger partial charge in [-0.3, -0.25) is 0 Å². The van der Waals surface area contributed by atoms with Crippen LogP contribution in [-0.4, -0.2) is 0 Å². The van der Waals surface area contributed by atoms with Crippen LogP contribution in [0.4, 0.5) is 5.69 Å². The molecule has 0 fully saturated rings. The largest absolute Gasteiger partial charge is 0.381 e. The summed E-state index contributed by atoms with van der Waals surface area (Å²) >= 11 is 2.29. The van der Waals surface area contributed by atoms with E-state index in [4.69, 9.17) is 5.26 Å². The second-order valence-electron chi connectivity index (χ2n) is 4.12. The van der Waals surface area contributed by atoms with E-state index >= 15 is 0 Å². The van der Waals surface area contributed by atoms with Crippen LogP contribution in [0.25, 0.3) is 0 Å². The molecule has 18 heavy (non-hydrogen) atoms. The van der Waals surface area contributed by atoms with E-state index in [1.54, 1.807) is 0 Å². The number of nitrogens with zero attached hydrogens (tertiary/aromatic N) is 1. The van der Waals surface area contributed by atoms with Crippen LogP contribution in [0.2, 0.25) is 0 Å². The Bertz CT molecular complexity index is 582. The van der Waals surface area contributed by atoms with Crippen LogP contribution >= 0.6 is 22.6 Å². The molecule has 2 rings (SSSR count). The molecule has 0 aromatic heterocycles. The maximum absolute atomic E-state index is 8.89. The third kappa shape index (κ3) is 3.23. The highest BCUT2D eigenvalue weighted by Gasteiger charge is 2.00. The lowest BCUT2D eigenvalue weighted by molar-refractivity contribution is 1.14. The van der Waals surface area contributed by atoms with Gasteiger partial charge in [-0.25, -0.2) is 0 Å². The van der Waals surface area contributed by atoms with E-state index in [2.05, 4.69) is 58.2 Å². The quantitative estimate of drug-likeness (QED) is 0.849. The molecule has 0 aliphatic heterocycles. The van der Waals surface area contributed by atoms with Gasteiger partial charge in [-0.05, 0) is 64.9 Å². The van der Waals surface area contributed by atoms with Crippen LogP contribution in [0.15, 0.2) is 42.5 Å². The molecule has 0 amide bonds. The van der Waals surface area contributed by atoms with Crippen LogP contribution in [0.1, 0.15) is 16.7 Å². The lowest BCUT2D eigenvalue weighted by Crippen LogP contribution is -2.01. The minimum Gasteiger partial charge on any atom is -0.381 e. The Hall–Kier alpha value is -1.54. The number of nitrogens with one attached hydrogen (secondary N) is 1. The molecule has 0 saturated heterocycles. The van der Waals surface area contributed by atoms with Crippen molar-refractivity contribution in [1.29, 1.82) is 5.26 Å². The van der Waals surface area contributed by atoms with E-state index in [0.717, 1.165) is 17.8 Å². The SMILES string of the molecule is Cc1ccc(C#N)cc1NCc1ccc(I)cc1. The zero-order valence-corrected chi connectivity index (χ0v) is 12.2. The lowest BCUT2D eigenvalue weighted by atomic mass is 10.1. The molecule has 1 N–H and O–H groups in total. The summed E-state index contributed by atoms with van der Waals surface area (Å²) in [5.74, 6) is 0. The van der Waals surface area contributed by atoms with Gasteiger partial charge in [0.1, 0.15) is 0 Å². The summed E-state index contributed by atoms with van der Waals surface area (Å²) < 4.78 is 1.24. The summed E-state index contributed by atoms with van der Waals surface area (Å²) in [5, 5.41) is 12.3. The number of rotatable bonds is 3. The fraction of sp³-hybridized carbons (Fsp3) is 0.133. The number of hydrogen-bond acceptors (Lipinski definition) is 2. The van der Waals surface area contributed by atoms with Crippen LogP contribution in [-0.2, 0) is 6.54 Å². The highest BCUT2D eigenvalue weighted by atomic mass is 127. The monoisotopic (exact) mass is 348 g/mol. The average Bonchev–Trinajstić information content (AvgIpc) is 2.40. The van der Waals surface area contributed by atoms with Crippen molar-refractivity contribution in [3.05, 3.63) is 62.7 Å². The van der Waals surface area contributed by atoms with E-state index in [-0.39, 0.29) is 0 Å². The van der Waals surface area contributed by atoms with Gasteiger partial charge in [0.25, 0.3) is 0 Å². The van der Waals surface area contributed by atoms with E-state index in [0.29, 0.717) is 5.56 Å². The van der Waals surface area contributed by atoms with Gasteiger partial charge in [0.2, 0.25) is 0 Å². The summed E-state index contributed by atoms with van der Waals surface area (Å²) in [6.07, 6.45) is 0. The summed E-state index contributed by atoms with van der Waals surface area (Å²) in [5.41, 5.74) is 4.09. The third-order valence-corrected chi connectivity index (χ3v) is 3.48. The van der Waals surface area contributed by atoms with Crippen molar-refractivity contribution in [3.63, 3.8) is 0 Å². The number of aryl methyl sites for hydroxylation is 1. The molecule has 0 aliphatic rings. The highest BCUT2D eigenvalue weighted by Crippen LogP contribution is 2.17. The summed E-state index contributed by atoms with van der Waals surface area (Å²) in [7, 11) is 0. The molecule has 0 heterocycles. The van der Waals surface area contributed by atoms with Gasteiger partial charge in [0.05, 0.1) is 11.6 Å². The lowest BCUT2D eigenvalue weighted by Gasteiger charge is -2.10. The predicted molar refractivity (Wildman–Crippen MR) is 82.4 cm³/mol. The average molecular weight is 348 g/mol. The fourth-order valence-corrected chi connectivity index (χ4v) is 2.04. The van der Waals surface area contributed by atoms with Crippen molar-refractivity contribution >= 4 is 28.3 Å². The standard InChI is InChI=1S/C15H13IN2/c1-11-2-3-13(9-17)8-15(11)18-10-12-4-6-14(16)7-5-12/h2-8,18H,10H2,1H3. The number of nitriles is 1. The molecule has 2 aromatic rings. The Kier molecular flexibility index (Phi) is 4.21. The number of hydrogen-bond donors (Lipinski definition) is 1. The molecule has 2 nitrogen and oxygen atoms in total. The fourth-order valence-electron chi connectivity index (χ4n) is 1.68. The van der Waals surface area contributed by atoms with Gasteiger partial charge >= 0.3 is 0 Å². The molecule has 3 heteroatoms. The second-order valence-corrected chi connectivity index (χ2v) is 5.37. The minimum atomic E-state index is 0.686. The van der Waals surface area contributed by atoms with Crippen LogP contribution < -0.4 is 5.32 Å². The molecular weight excluding hydrogens is 335 g/mol. The summed E-state index contributed by atoms with van der Waals surface area (Å²) in [4.78, 5) is 0. The van der Waals surface area contributed by atoms with E-state index in [9.17, 15) is 0 Å². The van der Waals surface area contributed by atoms with Gasteiger partial charge < -0.3 is 5.32 Å². The zero-order chi connectivity index (χ0) is 13.0. The molecule has 0 bridgehead atoms. The van der Waals surface area contributed by atoms with Gasteiger partial charge in [0, 0.05) is 15.8 Å². The first-order valence-corrected chi connectivity index (χ1v) is 6.76. The first kappa shape index (κ1) is 12.9. The molecule has 0 unspecified atom stereocenters. The van der Waals surface area contributed by atoms with E-state index in [1.165, 1.54) is 9.13 Å². The van der Waals surface area contributed by atoms with Crippen molar-refractivity contribution in [1.82, 2.24) is 0 Å². The number of halogens is 1. The van der Waals surface area contributed by atoms with Crippen molar-refractivity contribution in [3.8, 4) is 6.07 Å². The molecule has 90 valence electrons. The number of benzene rings is 2. The maximum atomic E-state index is 8.89. The Balaban J connectivity index is 2.10. The first-order chi connectivity index (χ1) is 8.69. The highest BCUT2D eigenvalue weighted by molar-refractivity contribution is 14.1. The van der Waals surface area contributed by atoms with Crippen LogP contribution in [0, 0.1) is 21.8 Å². The summed E-state index contributed by atoms with van der Waals surface area (Å²) in [6, 6.07) is 16.3. The minimum absolute atomic E-state index is 0.686. The van der Waals surface area contributed by atoms with Crippen molar-refractivity contribution < 1.29 is 0 Å². The number of anilines is 1. The Morgan fingerprint density at radius 2 is 1.89 bits per heavy atom. The van der Waals surface area contributed by atoms with Gasteiger partial charge in [0.15, 0.2) is 0 Å². The third-order valence-electron chi connectivity index (χ3n) is 2.76. The predicted octanol–water partition coefficient (Wildman–Crippen LogP) is 4.08.